The highest BCUT2D eigenvalue weighted by atomic mass is 79.9. The van der Waals surface area contributed by atoms with Crippen LogP contribution in [0, 0.1) is 12.8 Å². The van der Waals surface area contributed by atoms with Gasteiger partial charge in [0.2, 0.25) is 0 Å². The smallest absolute Gasteiger partial charge is 0.0739 e. The molecule has 1 aliphatic rings. The zero-order valence-electron chi connectivity index (χ0n) is 13.3. The quantitative estimate of drug-likeness (QED) is 0.913. The van der Waals surface area contributed by atoms with Gasteiger partial charge in [-0.25, -0.2) is 0 Å². The number of aromatic nitrogens is 2. The van der Waals surface area contributed by atoms with E-state index in [1.54, 1.807) is 0 Å². The van der Waals surface area contributed by atoms with Crippen LogP contribution in [-0.2, 0) is 13.6 Å². The number of piperazine rings is 1. The molecule has 2 rings (SSSR count). The number of halogens is 1. The number of nitrogens with zero attached hydrogens (tertiary/aromatic N) is 3. The van der Waals surface area contributed by atoms with E-state index in [0.29, 0.717) is 18.0 Å². The minimum atomic E-state index is 0.559. The van der Waals surface area contributed by atoms with E-state index in [4.69, 9.17) is 0 Å². The molecule has 0 spiro atoms. The Morgan fingerprint density at radius 2 is 2.20 bits per heavy atom. The lowest BCUT2D eigenvalue weighted by Gasteiger charge is -2.42. The molecule has 20 heavy (non-hydrogen) atoms. The van der Waals surface area contributed by atoms with Crippen molar-refractivity contribution in [3.8, 4) is 0 Å². The number of hydrogen-bond acceptors (Lipinski definition) is 3. The van der Waals surface area contributed by atoms with Gasteiger partial charge >= 0.3 is 0 Å². The highest BCUT2D eigenvalue weighted by Crippen LogP contribution is 2.25. The van der Waals surface area contributed by atoms with Crippen molar-refractivity contribution in [1.82, 2.24) is 20.0 Å². The van der Waals surface area contributed by atoms with Crippen molar-refractivity contribution in [3.63, 3.8) is 0 Å². The summed E-state index contributed by atoms with van der Waals surface area (Å²) >= 11 is 3.69. The zero-order valence-corrected chi connectivity index (χ0v) is 14.9. The normalized spacial score (nSPS) is 25.9. The molecule has 5 heteroatoms. The third-order valence-electron chi connectivity index (χ3n) is 4.57. The van der Waals surface area contributed by atoms with Crippen molar-refractivity contribution >= 4 is 15.9 Å². The molecule has 1 aliphatic heterocycles. The van der Waals surface area contributed by atoms with Crippen molar-refractivity contribution < 1.29 is 0 Å². The van der Waals surface area contributed by atoms with Crippen LogP contribution in [0.15, 0.2) is 4.47 Å². The first-order valence-corrected chi connectivity index (χ1v) is 8.38. The third-order valence-corrected chi connectivity index (χ3v) is 5.60. The first kappa shape index (κ1) is 16.0. The molecule has 1 aromatic heterocycles. The van der Waals surface area contributed by atoms with Gasteiger partial charge in [-0.05, 0) is 35.7 Å². The number of aryl methyl sites for hydroxylation is 2. The Morgan fingerprint density at radius 1 is 1.50 bits per heavy atom. The van der Waals surface area contributed by atoms with Crippen LogP contribution in [0.4, 0.5) is 0 Å². The van der Waals surface area contributed by atoms with Crippen LogP contribution in [0.25, 0.3) is 0 Å². The van der Waals surface area contributed by atoms with E-state index in [-0.39, 0.29) is 0 Å². The maximum Gasteiger partial charge on any atom is 0.0739 e. The van der Waals surface area contributed by atoms with Crippen LogP contribution in [-0.4, -0.2) is 39.9 Å². The standard InChI is InChI=1S/C15H27BrN4/c1-6-10(2)13-7-17-11(3)8-20(13)9-14-15(16)12(4)18-19(14)5/h10-11,13,17H,6-9H2,1-5H3. The Bertz CT molecular complexity index is 457. The molecule has 3 unspecified atom stereocenters. The Labute approximate surface area is 131 Å². The van der Waals surface area contributed by atoms with Gasteiger partial charge in [0.25, 0.3) is 0 Å². The number of nitrogens with one attached hydrogen (secondary N) is 1. The van der Waals surface area contributed by atoms with Crippen molar-refractivity contribution in [2.75, 3.05) is 13.1 Å². The van der Waals surface area contributed by atoms with Crippen molar-refractivity contribution in [2.45, 2.75) is 52.7 Å². The van der Waals surface area contributed by atoms with Gasteiger partial charge in [-0.3, -0.25) is 9.58 Å². The summed E-state index contributed by atoms with van der Waals surface area (Å²) in [5.74, 6) is 0.711. The largest absolute Gasteiger partial charge is 0.311 e. The van der Waals surface area contributed by atoms with Gasteiger partial charge in [-0.2, -0.15) is 5.10 Å². The molecule has 114 valence electrons. The van der Waals surface area contributed by atoms with Crippen LogP contribution < -0.4 is 5.32 Å². The molecular formula is C15H27BrN4. The van der Waals surface area contributed by atoms with Crippen LogP contribution >= 0.6 is 15.9 Å². The molecule has 0 aromatic carbocycles. The maximum atomic E-state index is 4.51. The second kappa shape index (κ2) is 6.58. The van der Waals surface area contributed by atoms with Crippen molar-refractivity contribution in [3.05, 3.63) is 15.9 Å². The van der Waals surface area contributed by atoms with Gasteiger partial charge in [0.15, 0.2) is 0 Å². The molecule has 0 amide bonds. The average Bonchev–Trinajstić information content (AvgIpc) is 2.65. The minimum Gasteiger partial charge on any atom is -0.311 e. The molecule has 0 radical (unpaired) electrons. The SMILES string of the molecule is CCC(C)C1CNC(C)CN1Cc1c(Br)c(C)nn1C. The molecule has 2 heterocycles. The van der Waals surface area contributed by atoms with Crippen LogP contribution in [0.1, 0.15) is 38.6 Å². The van der Waals surface area contributed by atoms with E-state index in [2.05, 4.69) is 58.9 Å². The molecule has 1 N–H and O–H groups in total. The topological polar surface area (TPSA) is 33.1 Å². The van der Waals surface area contributed by atoms with E-state index in [0.717, 1.165) is 29.8 Å². The highest BCUT2D eigenvalue weighted by Gasteiger charge is 2.30. The molecule has 1 aromatic rings. The third kappa shape index (κ3) is 3.26. The first-order chi connectivity index (χ1) is 9.43. The summed E-state index contributed by atoms with van der Waals surface area (Å²) in [6, 6.07) is 1.17. The monoisotopic (exact) mass is 342 g/mol. The molecule has 3 atom stereocenters. The van der Waals surface area contributed by atoms with Crippen LogP contribution in [0.2, 0.25) is 0 Å². The molecule has 0 saturated carbocycles. The second-order valence-corrected chi connectivity index (χ2v) is 6.95. The zero-order chi connectivity index (χ0) is 14.9. The van der Waals surface area contributed by atoms with Gasteiger partial charge in [-0.1, -0.05) is 20.3 Å². The van der Waals surface area contributed by atoms with Crippen LogP contribution in [0.5, 0.6) is 0 Å². The predicted octanol–water partition coefficient (Wildman–Crippen LogP) is 2.70. The van der Waals surface area contributed by atoms with Gasteiger partial charge in [0.1, 0.15) is 0 Å². The summed E-state index contributed by atoms with van der Waals surface area (Å²) < 4.78 is 3.17. The summed E-state index contributed by atoms with van der Waals surface area (Å²) in [5.41, 5.74) is 2.36. The first-order valence-electron chi connectivity index (χ1n) is 7.59. The summed E-state index contributed by atoms with van der Waals surface area (Å²) in [6.07, 6.45) is 1.23. The Hall–Kier alpha value is -0.390. The van der Waals surface area contributed by atoms with Crippen molar-refractivity contribution in [1.29, 1.82) is 0 Å². The predicted molar refractivity (Wildman–Crippen MR) is 86.8 cm³/mol. The van der Waals surface area contributed by atoms with E-state index < -0.39 is 0 Å². The van der Waals surface area contributed by atoms with Gasteiger partial charge in [0.05, 0.1) is 15.9 Å². The highest BCUT2D eigenvalue weighted by molar-refractivity contribution is 9.10. The lowest BCUT2D eigenvalue weighted by Crippen LogP contribution is -2.57. The maximum absolute atomic E-state index is 4.51. The number of hydrogen-bond donors (Lipinski definition) is 1. The van der Waals surface area contributed by atoms with E-state index in [1.165, 1.54) is 12.1 Å². The fourth-order valence-electron chi connectivity index (χ4n) is 3.06. The second-order valence-electron chi connectivity index (χ2n) is 6.16. The van der Waals surface area contributed by atoms with E-state index in [1.807, 2.05) is 11.7 Å². The molecule has 0 aliphatic carbocycles. The van der Waals surface area contributed by atoms with Crippen LogP contribution in [0.3, 0.4) is 0 Å². The summed E-state index contributed by atoms with van der Waals surface area (Å²) in [6.45, 7) is 12.1. The van der Waals surface area contributed by atoms with E-state index >= 15 is 0 Å². The minimum absolute atomic E-state index is 0.559. The van der Waals surface area contributed by atoms with Gasteiger partial charge < -0.3 is 5.32 Å². The molecule has 1 saturated heterocycles. The lowest BCUT2D eigenvalue weighted by molar-refractivity contribution is 0.0859. The Balaban J connectivity index is 2.18. The molecule has 4 nitrogen and oxygen atoms in total. The van der Waals surface area contributed by atoms with E-state index in [9.17, 15) is 0 Å². The number of rotatable bonds is 4. The fraction of sp³-hybridized carbons (Fsp3) is 0.800. The summed E-state index contributed by atoms with van der Waals surface area (Å²) in [5, 5.41) is 8.13. The van der Waals surface area contributed by atoms with Gasteiger partial charge in [-0.15, -0.1) is 0 Å². The summed E-state index contributed by atoms with van der Waals surface area (Å²) in [4.78, 5) is 2.62. The lowest BCUT2D eigenvalue weighted by atomic mass is 9.94. The van der Waals surface area contributed by atoms with Crippen molar-refractivity contribution in [2.24, 2.45) is 13.0 Å². The fourth-order valence-corrected chi connectivity index (χ4v) is 3.52. The molecular weight excluding hydrogens is 316 g/mol. The van der Waals surface area contributed by atoms with Gasteiger partial charge in [0, 0.05) is 38.8 Å². The molecule has 1 fully saturated rings. The summed E-state index contributed by atoms with van der Waals surface area (Å²) in [7, 11) is 2.04. The Morgan fingerprint density at radius 3 is 2.75 bits per heavy atom. The Kier molecular flexibility index (Phi) is 5.26. The average molecular weight is 343 g/mol. The molecule has 0 bridgehead atoms.